The van der Waals surface area contributed by atoms with Gasteiger partial charge in [-0.2, -0.15) is 0 Å². The molecule has 0 radical (unpaired) electrons. The van der Waals surface area contributed by atoms with Crippen molar-refractivity contribution in [2.75, 3.05) is 19.0 Å². The molecule has 1 unspecified atom stereocenters. The molecule has 0 saturated carbocycles. The number of anilines is 1. The van der Waals surface area contributed by atoms with Gasteiger partial charge in [0, 0.05) is 38.1 Å². The second-order valence-electron chi connectivity index (χ2n) is 7.40. The number of amides is 1. The van der Waals surface area contributed by atoms with Crippen LogP contribution >= 0.6 is 11.3 Å². The molecule has 3 aromatic heterocycles. The number of hydrogen-bond donors (Lipinski definition) is 1. The van der Waals surface area contributed by atoms with Crippen molar-refractivity contribution in [2.24, 2.45) is 5.73 Å². The second kappa shape index (κ2) is 8.31. The average molecular weight is 452 g/mol. The maximum atomic E-state index is 12.1. The highest BCUT2D eigenvalue weighted by Gasteiger charge is 2.25. The first-order valence-electron chi connectivity index (χ1n) is 9.74. The van der Waals surface area contributed by atoms with E-state index in [1.54, 1.807) is 31.3 Å². The van der Waals surface area contributed by atoms with Crippen molar-refractivity contribution < 1.29 is 14.5 Å². The lowest BCUT2D eigenvalue weighted by Crippen LogP contribution is -2.14. The van der Waals surface area contributed by atoms with Crippen LogP contribution in [0, 0.1) is 10.1 Å². The number of carbonyl (C=O) groups is 1. The Morgan fingerprint density at radius 2 is 2.06 bits per heavy atom. The number of pyridine rings is 1. The van der Waals surface area contributed by atoms with Gasteiger partial charge in [0.2, 0.25) is 0 Å². The van der Waals surface area contributed by atoms with Crippen LogP contribution in [-0.2, 0) is 0 Å². The second-order valence-corrected chi connectivity index (χ2v) is 8.45. The summed E-state index contributed by atoms with van der Waals surface area (Å²) < 4.78 is 7.96. The highest BCUT2D eigenvalue weighted by molar-refractivity contribution is 7.17. The lowest BCUT2D eigenvalue weighted by atomic mass is 10.1. The van der Waals surface area contributed by atoms with Crippen LogP contribution in [0.5, 0.6) is 5.75 Å². The lowest BCUT2D eigenvalue weighted by Gasteiger charge is -2.18. The molecule has 0 aliphatic rings. The Balaban J connectivity index is 1.74. The van der Waals surface area contributed by atoms with E-state index in [0.29, 0.717) is 5.56 Å². The fraction of sp³-hybridized carbons (Fsp3) is 0.182. The highest BCUT2D eigenvalue weighted by Crippen LogP contribution is 2.39. The van der Waals surface area contributed by atoms with Gasteiger partial charge in [0.05, 0.1) is 27.3 Å². The summed E-state index contributed by atoms with van der Waals surface area (Å²) in [5.74, 6) is -0.353. The predicted octanol–water partition coefficient (Wildman–Crippen LogP) is 4.28. The number of carbonyl (C=O) groups excluding carboxylic acids is 1. The SMILES string of the molecule is CC(Oc1cc(-c2cnc3ccccn23)sc1C(N)=O)c1cc(N(C)C)ccc1[N+](=O)[O-]. The van der Waals surface area contributed by atoms with E-state index in [1.165, 1.54) is 17.4 Å². The quantitative estimate of drug-likeness (QED) is 0.331. The first kappa shape index (κ1) is 21.3. The van der Waals surface area contributed by atoms with E-state index in [1.807, 2.05) is 47.8 Å². The van der Waals surface area contributed by atoms with Crippen molar-refractivity contribution in [1.82, 2.24) is 9.38 Å². The van der Waals surface area contributed by atoms with Crippen molar-refractivity contribution in [3.8, 4) is 16.3 Å². The van der Waals surface area contributed by atoms with Gasteiger partial charge in [-0.25, -0.2) is 4.98 Å². The maximum absolute atomic E-state index is 12.1. The van der Waals surface area contributed by atoms with E-state index in [0.717, 1.165) is 21.9 Å². The van der Waals surface area contributed by atoms with Crippen LogP contribution in [0.15, 0.2) is 54.9 Å². The Kier molecular flexibility index (Phi) is 5.54. The Morgan fingerprint density at radius 3 is 2.75 bits per heavy atom. The zero-order valence-corrected chi connectivity index (χ0v) is 18.5. The molecule has 1 atom stereocenters. The highest BCUT2D eigenvalue weighted by atomic mass is 32.1. The van der Waals surface area contributed by atoms with Crippen molar-refractivity contribution >= 4 is 34.3 Å². The van der Waals surface area contributed by atoms with E-state index in [9.17, 15) is 14.9 Å². The van der Waals surface area contributed by atoms with Crippen molar-refractivity contribution in [2.45, 2.75) is 13.0 Å². The number of nitro benzene ring substituents is 1. The van der Waals surface area contributed by atoms with Crippen LogP contribution in [0.25, 0.3) is 16.2 Å². The third-order valence-electron chi connectivity index (χ3n) is 5.06. The van der Waals surface area contributed by atoms with E-state index in [4.69, 9.17) is 10.5 Å². The van der Waals surface area contributed by atoms with Gasteiger partial charge >= 0.3 is 0 Å². The monoisotopic (exact) mass is 451 g/mol. The van der Waals surface area contributed by atoms with Gasteiger partial charge in [-0.3, -0.25) is 19.3 Å². The molecule has 0 bridgehead atoms. The predicted molar refractivity (Wildman–Crippen MR) is 123 cm³/mol. The van der Waals surface area contributed by atoms with E-state index in [-0.39, 0.29) is 16.3 Å². The number of rotatable bonds is 7. The lowest BCUT2D eigenvalue weighted by molar-refractivity contribution is -0.386. The van der Waals surface area contributed by atoms with Gasteiger partial charge in [0.25, 0.3) is 11.6 Å². The molecule has 0 spiro atoms. The molecule has 32 heavy (non-hydrogen) atoms. The topological polar surface area (TPSA) is 116 Å². The summed E-state index contributed by atoms with van der Waals surface area (Å²) in [4.78, 5) is 30.5. The van der Waals surface area contributed by atoms with E-state index < -0.39 is 16.9 Å². The number of aromatic nitrogens is 2. The normalized spacial score (nSPS) is 12.0. The number of nitro groups is 1. The molecule has 4 aromatic rings. The minimum atomic E-state index is -0.696. The Labute approximate surface area is 187 Å². The third kappa shape index (κ3) is 3.87. The Morgan fingerprint density at radius 1 is 1.28 bits per heavy atom. The summed E-state index contributed by atoms with van der Waals surface area (Å²) in [7, 11) is 3.70. The Hall–Kier alpha value is -3.92. The number of fused-ring (bicyclic) bond motifs is 1. The Bertz CT molecular complexity index is 1330. The number of hydrogen-bond acceptors (Lipinski definition) is 7. The number of nitrogens with zero attached hydrogens (tertiary/aromatic N) is 4. The van der Waals surface area contributed by atoms with Crippen LogP contribution in [0.2, 0.25) is 0 Å². The largest absolute Gasteiger partial charge is 0.484 e. The zero-order chi connectivity index (χ0) is 23.0. The molecule has 10 heteroatoms. The van der Waals surface area contributed by atoms with Crippen molar-refractivity contribution in [3.05, 3.63) is 75.4 Å². The first-order valence-corrected chi connectivity index (χ1v) is 10.6. The molecular weight excluding hydrogens is 430 g/mol. The summed E-state index contributed by atoms with van der Waals surface area (Å²) in [6, 6.07) is 12.2. The fourth-order valence-corrected chi connectivity index (χ4v) is 4.39. The van der Waals surface area contributed by atoms with Crippen LogP contribution < -0.4 is 15.4 Å². The molecular formula is C22H21N5O4S. The van der Waals surface area contributed by atoms with Crippen molar-refractivity contribution in [1.29, 1.82) is 0 Å². The molecule has 1 aromatic carbocycles. The van der Waals surface area contributed by atoms with Gasteiger partial charge in [0.15, 0.2) is 0 Å². The number of benzene rings is 1. The van der Waals surface area contributed by atoms with Crippen LogP contribution in [0.1, 0.15) is 28.3 Å². The van der Waals surface area contributed by atoms with Gasteiger partial charge < -0.3 is 15.4 Å². The standard InChI is InChI=1S/C22H21N5O4S/c1-13(15-10-14(25(2)3)7-8-16(15)27(29)30)31-18-11-19(32-21(18)22(23)28)17-12-24-20-6-4-5-9-26(17)20/h4-13H,1-3H3,(H2,23,28). The molecule has 1 amide bonds. The smallest absolute Gasteiger partial charge is 0.276 e. The first-order chi connectivity index (χ1) is 15.3. The molecule has 3 heterocycles. The fourth-order valence-electron chi connectivity index (χ4n) is 3.44. The van der Waals surface area contributed by atoms with Gasteiger partial charge in [-0.05, 0) is 31.2 Å². The molecule has 0 aliphatic carbocycles. The van der Waals surface area contributed by atoms with Crippen LogP contribution in [0.3, 0.4) is 0 Å². The number of thiophene rings is 1. The summed E-state index contributed by atoms with van der Waals surface area (Å²) in [6.45, 7) is 1.71. The van der Waals surface area contributed by atoms with Crippen molar-refractivity contribution in [3.63, 3.8) is 0 Å². The van der Waals surface area contributed by atoms with Gasteiger partial charge in [-0.15, -0.1) is 11.3 Å². The minimum absolute atomic E-state index is 0.0547. The molecule has 4 rings (SSSR count). The molecule has 164 valence electrons. The molecule has 2 N–H and O–H groups in total. The average Bonchev–Trinajstić information content (AvgIpc) is 3.37. The summed E-state index contributed by atoms with van der Waals surface area (Å²) in [5.41, 5.74) is 8.31. The molecule has 0 aliphatic heterocycles. The van der Waals surface area contributed by atoms with Crippen LogP contribution in [-0.4, -0.2) is 34.3 Å². The van der Waals surface area contributed by atoms with Crippen LogP contribution in [0.4, 0.5) is 11.4 Å². The molecule has 0 fully saturated rings. The van der Waals surface area contributed by atoms with E-state index in [2.05, 4.69) is 4.98 Å². The van der Waals surface area contributed by atoms with Gasteiger partial charge in [-0.1, -0.05) is 6.07 Å². The number of primary amides is 1. The number of ether oxygens (including phenoxy) is 1. The summed E-state index contributed by atoms with van der Waals surface area (Å²) >= 11 is 1.19. The number of nitrogens with two attached hydrogens (primary N) is 1. The van der Waals surface area contributed by atoms with E-state index >= 15 is 0 Å². The van der Waals surface area contributed by atoms with Gasteiger partial charge in [0.1, 0.15) is 22.4 Å². The molecule has 0 saturated heterocycles. The minimum Gasteiger partial charge on any atom is -0.484 e. The molecule has 9 nitrogen and oxygen atoms in total. The number of imidazole rings is 1. The maximum Gasteiger partial charge on any atom is 0.276 e. The third-order valence-corrected chi connectivity index (χ3v) is 6.21. The summed E-state index contributed by atoms with van der Waals surface area (Å²) in [6.07, 6.45) is 2.89. The summed E-state index contributed by atoms with van der Waals surface area (Å²) in [5, 5.41) is 11.6. The zero-order valence-electron chi connectivity index (χ0n) is 17.7.